The van der Waals surface area contributed by atoms with Crippen LogP contribution in [0.25, 0.3) is 10.8 Å². The smallest absolute Gasteiger partial charge is 0.0178 e. The molecular weight excluding hydrogens is 456 g/mol. The van der Waals surface area contributed by atoms with Crippen LogP contribution in [0.3, 0.4) is 0 Å². The molecule has 0 N–H and O–H groups in total. The highest BCUT2D eigenvalue weighted by atomic mass is 14.2. The van der Waals surface area contributed by atoms with E-state index in [9.17, 15) is 0 Å². The summed E-state index contributed by atoms with van der Waals surface area (Å²) < 4.78 is 0. The highest BCUT2D eigenvalue weighted by molar-refractivity contribution is 5.85. The summed E-state index contributed by atoms with van der Waals surface area (Å²) in [7, 11) is 0. The maximum atomic E-state index is 2.38. The lowest BCUT2D eigenvalue weighted by Gasteiger charge is -2.15. The van der Waals surface area contributed by atoms with Crippen LogP contribution in [0.2, 0.25) is 0 Å². The average Bonchev–Trinajstić information content (AvgIpc) is 3.36. The Bertz CT molecular complexity index is 1370. The van der Waals surface area contributed by atoms with Gasteiger partial charge in [-0.25, -0.2) is 0 Å². The second-order valence-corrected chi connectivity index (χ2v) is 12.0. The highest BCUT2D eigenvalue weighted by Gasteiger charge is 2.11. The Balaban J connectivity index is 0.000000117. The lowest BCUT2D eigenvalue weighted by Crippen LogP contribution is -2.01. The van der Waals surface area contributed by atoms with Gasteiger partial charge in [-0.3, -0.25) is 0 Å². The lowest BCUT2D eigenvalue weighted by molar-refractivity contribution is 0.617. The van der Waals surface area contributed by atoms with Crippen LogP contribution in [-0.2, 0) is 38.5 Å². The van der Waals surface area contributed by atoms with E-state index in [1.165, 1.54) is 111 Å². The minimum Gasteiger partial charge on any atom is -0.0590 e. The zero-order chi connectivity index (χ0) is 26.3. The number of benzene rings is 4. The summed E-state index contributed by atoms with van der Waals surface area (Å²) in [5.74, 6) is 0. The molecule has 0 bridgehead atoms. The van der Waals surface area contributed by atoms with Gasteiger partial charge in [0.15, 0.2) is 0 Å². The molecule has 0 nitrogen and oxygen atoms in total. The van der Waals surface area contributed by atoms with E-state index >= 15 is 0 Å². The Hall–Kier alpha value is -2.86. The first-order valence-electron chi connectivity index (χ1n) is 15.2. The lowest BCUT2D eigenvalue weighted by atomic mass is 9.91. The topological polar surface area (TPSA) is 0 Å². The van der Waals surface area contributed by atoms with Gasteiger partial charge in [0.1, 0.15) is 0 Å². The third-order valence-electron chi connectivity index (χ3n) is 8.71. The number of hydrogen-bond acceptors (Lipinski definition) is 0. The molecule has 0 atom stereocenters. The van der Waals surface area contributed by atoms with E-state index in [1.54, 1.807) is 33.4 Å². The first kappa shape index (κ1) is 26.7. The molecule has 0 saturated heterocycles. The predicted molar refractivity (Wildman–Crippen MR) is 166 cm³/mol. The Morgan fingerprint density at radius 1 is 0.316 bits per heavy atom. The number of aryl methyl sites for hydroxylation is 9. The molecule has 0 aliphatic heterocycles. The summed E-state index contributed by atoms with van der Waals surface area (Å²) in [5, 5.41) is 2.81. The maximum Gasteiger partial charge on any atom is -0.0178 e. The Morgan fingerprint density at radius 3 is 1.29 bits per heavy atom. The van der Waals surface area contributed by atoms with Crippen molar-refractivity contribution in [2.45, 2.75) is 104 Å². The molecule has 0 amide bonds. The van der Waals surface area contributed by atoms with Crippen LogP contribution in [-0.4, -0.2) is 0 Å². The van der Waals surface area contributed by atoms with Gasteiger partial charge in [-0.05, 0) is 136 Å². The van der Waals surface area contributed by atoms with Gasteiger partial charge in [-0.15, -0.1) is 0 Å². The second kappa shape index (κ2) is 12.8. The summed E-state index contributed by atoms with van der Waals surface area (Å²) in [6.07, 6.45) is 17.5. The molecule has 198 valence electrons. The van der Waals surface area contributed by atoms with Gasteiger partial charge in [0.05, 0.1) is 0 Å². The molecule has 0 spiro atoms. The molecule has 3 aliphatic rings. The van der Waals surface area contributed by atoms with Crippen LogP contribution < -0.4 is 0 Å². The van der Waals surface area contributed by atoms with Crippen molar-refractivity contribution in [1.82, 2.24) is 0 Å². The normalized spacial score (nSPS) is 16.0. The Labute approximate surface area is 231 Å². The fourth-order valence-corrected chi connectivity index (χ4v) is 6.52. The monoisotopic (exact) mass is 502 g/mol. The van der Waals surface area contributed by atoms with Crippen molar-refractivity contribution in [3.05, 3.63) is 117 Å². The Kier molecular flexibility index (Phi) is 9.00. The minimum absolute atomic E-state index is 1.28. The summed E-state index contributed by atoms with van der Waals surface area (Å²) in [6, 6.07) is 25.3. The number of fused-ring (bicyclic) bond motifs is 4. The van der Waals surface area contributed by atoms with Gasteiger partial charge < -0.3 is 0 Å². The molecule has 0 saturated carbocycles. The fraction of sp³-hybridized carbons (Fsp3) is 0.421. The summed E-state index contributed by atoms with van der Waals surface area (Å²) in [6.45, 7) is 6.53. The second-order valence-electron chi connectivity index (χ2n) is 12.0. The predicted octanol–water partition coefficient (Wildman–Crippen LogP) is 10.2. The molecule has 7 rings (SSSR count). The van der Waals surface area contributed by atoms with Gasteiger partial charge >= 0.3 is 0 Å². The van der Waals surface area contributed by atoms with Gasteiger partial charge in [-0.1, -0.05) is 96.3 Å². The number of hydrogen-bond donors (Lipinski definition) is 0. The van der Waals surface area contributed by atoms with Crippen molar-refractivity contribution in [2.75, 3.05) is 0 Å². The van der Waals surface area contributed by atoms with Crippen molar-refractivity contribution in [3.63, 3.8) is 0 Å². The fourth-order valence-electron chi connectivity index (χ4n) is 6.52. The third-order valence-corrected chi connectivity index (χ3v) is 8.71. The van der Waals surface area contributed by atoms with Crippen molar-refractivity contribution < 1.29 is 0 Å². The molecular formula is C38H46. The highest BCUT2D eigenvalue weighted by Crippen LogP contribution is 2.28. The molecule has 0 heterocycles. The summed E-state index contributed by atoms with van der Waals surface area (Å²) in [5.41, 5.74) is 13.7. The van der Waals surface area contributed by atoms with E-state index < -0.39 is 0 Å². The first-order valence-corrected chi connectivity index (χ1v) is 15.2. The van der Waals surface area contributed by atoms with Crippen LogP contribution >= 0.6 is 0 Å². The van der Waals surface area contributed by atoms with E-state index in [0.717, 1.165) is 0 Å². The summed E-state index contributed by atoms with van der Waals surface area (Å²) >= 11 is 0. The largest absolute Gasteiger partial charge is 0.0590 e. The average molecular weight is 503 g/mol. The van der Waals surface area contributed by atoms with E-state index in [0.29, 0.717) is 0 Å². The van der Waals surface area contributed by atoms with Gasteiger partial charge in [0.2, 0.25) is 0 Å². The van der Waals surface area contributed by atoms with Crippen LogP contribution in [0, 0.1) is 20.8 Å². The molecule has 4 aromatic rings. The maximum absolute atomic E-state index is 2.38. The van der Waals surface area contributed by atoms with Crippen LogP contribution in [0.5, 0.6) is 0 Å². The van der Waals surface area contributed by atoms with E-state index in [2.05, 4.69) is 87.5 Å². The van der Waals surface area contributed by atoms with Crippen molar-refractivity contribution in [3.8, 4) is 0 Å². The number of rotatable bonds is 0. The van der Waals surface area contributed by atoms with Crippen LogP contribution in [0.1, 0.15) is 95.0 Å². The van der Waals surface area contributed by atoms with Crippen molar-refractivity contribution >= 4 is 10.8 Å². The van der Waals surface area contributed by atoms with Crippen molar-refractivity contribution in [1.29, 1.82) is 0 Å². The molecule has 0 aromatic heterocycles. The van der Waals surface area contributed by atoms with Crippen LogP contribution in [0.4, 0.5) is 0 Å². The van der Waals surface area contributed by atoms with Gasteiger partial charge in [0.25, 0.3) is 0 Å². The minimum atomic E-state index is 1.28. The summed E-state index contributed by atoms with van der Waals surface area (Å²) in [4.78, 5) is 0. The van der Waals surface area contributed by atoms with Crippen molar-refractivity contribution in [2.24, 2.45) is 0 Å². The van der Waals surface area contributed by atoms with Gasteiger partial charge in [-0.2, -0.15) is 0 Å². The van der Waals surface area contributed by atoms with E-state index in [4.69, 9.17) is 0 Å². The molecule has 38 heavy (non-hydrogen) atoms. The molecule has 0 unspecified atom stereocenters. The molecule has 0 radical (unpaired) electrons. The third kappa shape index (κ3) is 6.96. The molecule has 0 heteroatoms. The van der Waals surface area contributed by atoms with Crippen LogP contribution in [0.15, 0.2) is 66.7 Å². The zero-order valence-corrected chi connectivity index (χ0v) is 24.0. The molecule has 4 aromatic carbocycles. The molecule has 0 fully saturated rings. The quantitative estimate of drug-likeness (QED) is 0.224. The van der Waals surface area contributed by atoms with E-state index in [-0.39, 0.29) is 0 Å². The van der Waals surface area contributed by atoms with E-state index in [1.807, 2.05) is 0 Å². The van der Waals surface area contributed by atoms with Gasteiger partial charge in [0, 0.05) is 0 Å². The molecule has 3 aliphatic carbocycles. The zero-order valence-electron chi connectivity index (χ0n) is 24.0. The Morgan fingerprint density at radius 2 is 0.711 bits per heavy atom. The first-order chi connectivity index (χ1) is 18.5. The SMILES string of the molecule is Cc1ccc2c(c1)CCCC2.Cc1ccc2c(c1)CCCCCC2.Cc1ccc2cc3c(cc2c1)CCC3. The standard InChI is InChI=1S/C14H14.C13H18.C11H14/c1-10-5-6-13-8-11-3-2-4-12(11)9-14(13)7-10;1-11-8-9-12-6-4-2-3-5-7-13(12)10-11;1-9-6-7-10-4-2-3-5-11(10)8-9/h5-9H,2-4H2,1H3;8-10H,2-7H2,1H3;6-8H,2-5H2,1H3.